The van der Waals surface area contributed by atoms with Gasteiger partial charge in [-0.15, -0.1) is 0 Å². The number of carboxylic acids is 1. The second-order valence-corrected chi connectivity index (χ2v) is 5.15. The quantitative estimate of drug-likeness (QED) is 0.824. The molecule has 0 aliphatic carbocycles. The topological polar surface area (TPSA) is 79.5 Å². The maximum absolute atomic E-state index is 12.0. The SMILES string of the molecule is CC(Nc1cc(SC(=O)c2ccccc2)co1)C(=O)O. The molecule has 1 unspecified atom stereocenters. The highest BCUT2D eigenvalue weighted by molar-refractivity contribution is 8.14. The van der Waals surface area contributed by atoms with Crippen molar-refractivity contribution in [1.82, 2.24) is 0 Å². The van der Waals surface area contributed by atoms with Crippen LogP contribution < -0.4 is 5.32 Å². The maximum atomic E-state index is 12.0. The molecule has 0 saturated heterocycles. The van der Waals surface area contributed by atoms with Crippen molar-refractivity contribution in [1.29, 1.82) is 0 Å². The fourth-order valence-corrected chi connectivity index (χ4v) is 2.19. The molecule has 0 aliphatic heterocycles. The van der Waals surface area contributed by atoms with Crippen LogP contribution in [-0.4, -0.2) is 22.2 Å². The molecule has 2 rings (SSSR count). The molecule has 5 nitrogen and oxygen atoms in total. The van der Waals surface area contributed by atoms with Crippen LogP contribution in [0.25, 0.3) is 0 Å². The van der Waals surface area contributed by atoms with E-state index in [0.717, 1.165) is 11.8 Å². The average molecular weight is 291 g/mol. The molecule has 0 fully saturated rings. The smallest absolute Gasteiger partial charge is 0.325 e. The van der Waals surface area contributed by atoms with Crippen LogP contribution in [0, 0.1) is 0 Å². The lowest BCUT2D eigenvalue weighted by Gasteiger charge is -2.06. The van der Waals surface area contributed by atoms with E-state index in [9.17, 15) is 9.59 Å². The molecule has 0 radical (unpaired) electrons. The van der Waals surface area contributed by atoms with Gasteiger partial charge in [0, 0.05) is 11.6 Å². The van der Waals surface area contributed by atoms with Gasteiger partial charge < -0.3 is 14.8 Å². The van der Waals surface area contributed by atoms with Gasteiger partial charge in [-0.2, -0.15) is 0 Å². The highest BCUT2D eigenvalue weighted by atomic mass is 32.2. The number of anilines is 1. The van der Waals surface area contributed by atoms with E-state index < -0.39 is 12.0 Å². The average Bonchev–Trinajstić information content (AvgIpc) is 2.86. The number of rotatable bonds is 5. The number of carboxylic acid groups (broad SMARTS) is 1. The first-order chi connectivity index (χ1) is 9.56. The Kier molecular flexibility index (Phi) is 4.47. The van der Waals surface area contributed by atoms with Crippen LogP contribution >= 0.6 is 11.8 Å². The highest BCUT2D eigenvalue weighted by Crippen LogP contribution is 2.27. The molecule has 0 saturated carbocycles. The van der Waals surface area contributed by atoms with Crippen LogP contribution in [0.3, 0.4) is 0 Å². The number of carbonyl (C=O) groups is 2. The monoisotopic (exact) mass is 291 g/mol. The van der Waals surface area contributed by atoms with Crippen molar-refractivity contribution >= 4 is 28.7 Å². The molecule has 1 atom stereocenters. The van der Waals surface area contributed by atoms with Crippen LogP contribution in [0.15, 0.2) is 52.0 Å². The van der Waals surface area contributed by atoms with E-state index >= 15 is 0 Å². The molecule has 1 heterocycles. The van der Waals surface area contributed by atoms with Gasteiger partial charge in [0.05, 0.1) is 4.90 Å². The predicted octanol–water partition coefficient (Wildman–Crippen LogP) is 3.10. The number of hydrogen-bond acceptors (Lipinski definition) is 5. The molecule has 20 heavy (non-hydrogen) atoms. The zero-order valence-corrected chi connectivity index (χ0v) is 11.5. The van der Waals surface area contributed by atoms with Gasteiger partial charge in [0.15, 0.2) is 5.88 Å². The molecular weight excluding hydrogens is 278 g/mol. The van der Waals surface area contributed by atoms with Crippen molar-refractivity contribution in [3.63, 3.8) is 0 Å². The van der Waals surface area contributed by atoms with E-state index in [0.29, 0.717) is 16.3 Å². The van der Waals surface area contributed by atoms with E-state index in [1.165, 1.54) is 13.2 Å². The third kappa shape index (κ3) is 3.64. The number of aliphatic carboxylic acids is 1. The molecule has 1 aromatic carbocycles. The Morgan fingerprint density at radius 2 is 2.00 bits per heavy atom. The minimum Gasteiger partial charge on any atom is -0.480 e. The van der Waals surface area contributed by atoms with Crippen molar-refractivity contribution in [3.8, 4) is 0 Å². The lowest BCUT2D eigenvalue weighted by Crippen LogP contribution is -2.24. The summed E-state index contributed by atoms with van der Waals surface area (Å²) < 4.78 is 5.17. The Balaban J connectivity index is 1.99. The van der Waals surface area contributed by atoms with E-state index in [4.69, 9.17) is 9.52 Å². The second-order valence-electron chi connectivity index (χ2n) is 4.11. The van der Waals surface area contributed by atoms with Gasteiger partial charge in [0.1, 0.15) is 12.3 Å². The highest BCUT2D eigenvalue weighted by Gasteiger charge is 2.14. The van der Waals surface area contributed by atoms with Gasteiger partial charge in [-0.3, -0.25) is 9.59 Å². The minimum atomic E-state index is -0.976. The van der Waals surface area contributed by atoms with Crippen molar-refractivity contribution < 1.29 is 19.1 Å². The molecule has 1 aromatic heterocycles. The van der Waals surface area contributed by atoms with E-state index in [1.54, 1.807) is 30.3 Å². The van der Waals surface area contributed by atoms with Crippen LogP contribution in [0.5, 0.6) is 0 Å². The van der Waals surface area contributed by atoms with Gasteiger partial charge >= 0.3 is 5.97 Å². The summed E-state index contributed by atoms with van der Waals surface area (Å²) in [6.07, 6.45) is 1.42. The second kappa shape index (κ2) is 6.29. The number of nitrogens with one attached hydrogen (secondary N) is 1. The maximum Gasteiger partial charge on any atom is 0.325 e. The molecule has 0 spiro atoms. The Bertz CT molecular complexity index is 609. The van der Waals surface area contributed by atoms with Crippen molar-refractivity contribution in [2.45, 2.75) is 17.9 Å². The first kappa shape index (κ1) is 14.2. The largest absolute Gasteiger partial charge is 0.480 e. The fourth-order valence-electron chi connectivity index (χ4n) is 1.46. The number of carbonyl (C=O) groups excluding carboxylic acids is 1. The van der Waals surface area contributed by atoms with Gasteiger partial charge in [-0.05, 0) is 18.7 Å². The third-order valence-corrected chi connectivity index (χ3v) is 3.40. The molecule has 0 bridgehead atoms. The van der Waals surface area contributed by atoms with Crippen molar-refractivity contribution in [2.75, 3.05) is 5.32 Å². The first-order valence-corrected chi connectivity index (χ1v) is 6.73. The van der Waals surface area contributed by atoms with E-state index in [-0.39, 0.29) is 5.12 Å². The molecule has 2 N–H and O–H groups in total. The predicted molar refractivity (Wildman–Crippen MR) is 76.1 cm³/mol. The summed E-state index contributed by atoms with van der Waals surface area (Å²) in [6.45, 7) is 1.51. The number of benzene rings is 1. The molecule has 0 amide bonds. The van der Waals surface area contributed by atoms with Crippen LogP contribution in [0.1, 0.15) is 17.3 Å². The Morgan fingerprint density at radius 3 is 2.65 bits per heavy atom. The van der Waals surface area contributed by atoms with E-state index in [2.05, 4.69) is 5.32 Å². The molecular formula is C14H13NO4S. The van der Waals surface area contributed by atoms with Gasteiger partial charge in [-0.1, -0.05) is 30.3 Å². The van der Waals surface area contributed by atoms with Crippen LogP contribution in [0.2, 0.25) is 0 Å². The third-order valence-electron chi connectivity index (χ3n) is 2.52. The van der Waals surface area contributed by atoms with Gasteiger partial charge in [-0.25, -0.2) is 0 Å². The Morgan fingerprint density at radius 1 is 1.30 bits per heavy atom. The van der Waals surface area contributed by atoms with Gasteiger partial charge in [0.25, 0.3) is 0 Å². The number of furan rings is 1. The summed E-state index contributed by atoms with van der Waals surface area (Å²) in [5.74, 6) is -0.653. The first-order valence-electron chi connectivity index (χ1n) is 5.91. The Labute approximate surface area is 120 Å². The molecule has 104 valence electrons. The summed E-state index contributed by atoms with van der Waals surface area (Å²) in [5, 5.41) is 11.4. The summed E-state index contributed by atoms with van der Waals surface area (Å²) in [4.78, 5) is 23.3. The summed E-state index contributed by atoms with van der Waals surface area (Å²) in [7, 11) is 0. The zero-order chi connectivity index (χ0) is 14.5. The standard InChI is InChI=1S/C14H13NO4S/c1-9(13(16)17)15-12-7-11(8-19-12)20-14(18)10-5-3-2-4-6-10/h2-9,15H,1H3,(H,16,17). The zero-order valence-electron chi connectivity index (χ0n) is 10.7. The van der Waals surface area contributed by atoms with Crippen LogP contribution in [-0.2, 0) is 4.79 Å². The van der Waals surface area contributed by atoms with Crippen LogP contribution in [0.4, 0.5) is 5.88 Å². The Hall–Kier alpha value is -2.21. The summed E-state index contributed by atoms with van der Waals surface area (Å²) in [6, 6.07) is 9.75. The van der Waals surface area contributed by atoms with Crippen molar-refractivity contribution in [3.05, 3.63) is 48.2 Å². The molecule has 6 heteroatoms. The lowest BCUT2D eigenvalue weighted by atomic mass is 10.2. The summed E-state index contributed by atoms with van der Waals surface area (Å²) >= 11 is 1.03. The lowest BCUT2D eigenvalue weighted by molar-refractivity contribution is -0.137. The molecule has 0 aliphatic rings. The minimum absolute atomic E-state index is 0.0933. The van der Waals surface area contributed by atoms with E-state index in [1.807, 2.05) is 6.07 Å². The van der Waals surface area contributed by atoms with Crippen molar-refractivity contribution in [2.24, 2.45) is 0 Å². The molecule has 2 aromatic rings. The normalized spacial score (nSPS) is 11.8. The van der Waals surface area contributed by atoms with Gasteiger partial charge in [0.2, 0.25) is 5.12 Å². The fraction of sp³-hybridized carbons (Fsp3) is 0.143. The number of hydrogen-bond donors (Lipinski definition) is 2. The summed E-state index contributed by atoms with van der Waals surface area (Å²) in [5.41, 5.74) is 0.604. The number of thioether (sulfide) groups is 1.